The molecule has 6 heteroatoms. The zero-order valence-electron chi connectivity index (χ0n) is 17.4. The largest absolute Gasteiger partial charge is 0.462 e. The second kappa shape index (κ2) is 8.60. The number of carbonyl (C=O) groups excluding carboxylic acids is 2. The highest BCUT2D eigenvalue weighted by Crippen LogP contribution is 2.41. The topological polar surface area (TPSA) is 55.4 Å². The van der Waals surface area contributed by atoms with Gasteiger partial charge < -0.3 is 10.1 Å². The molecule has 156 valence electrons. The minimum absolute atomic E-state index is 0.0896. The molecule has 2 aliphatic rings. The fourth-order valence-corrected chi connectivity index (χ4v) is 7.14. The first-order valence-corrected chi connectivity index (χ1v) is 12.4. The predicted molar refractivity (Wildman–Crippen MR) is 120 cm³/mol. The van der Waals surface area contributed by atoms with E-state index in [0.717, 1.165) is 56.1 Å². The van der Waals surface area contributed by atoms with E-state index in [9.17, 15) is 9.59 Å². The maximum Gasteiger partial charge on any atom is 0.341 e. The molecule has 2 heterocycles. The molecule has 2 aromatic rings. The standard InChI is InChI=1S/C23H29NO3S2/c1-4-14-7-9-16-19(11-14)29-22(20(16)23(26)27-5-2)24-21(25)17-12-28-18-10-13(3)6-8-15(17)18/h12-14H,4-11H2,1-3H3,(H,24,25)/t13-,14-/m0/s1. The van der Waals surface area contributed by atoms with E-state index in [0.29, 0.717) is 29.0 Å². The summed E-state index contributed by atoms with van der Waals surface area (Å²) >= 11 is 3.26. The number of hydrogen-bond donors (Lipinski definition) is 1. The highest BCUT2D eigenvalue weighted by Gasteiger charge is 2.31. The quantitative estimate of drug-likeness (QED) is 0.602. The summed E-state index contributed by atoms with van der Waals surface area (Å²) in [5, 5.41) is 5.74. The smallest absolute Gasteiger partial charge is 0.341 e. The average Bonchev–Trinajstić information content (AvgIpc) is 3.27. The van der Waals surface area contributed by atoms with Gasteiger partial charge in [0.05, 0.1) is 17.7 Å². The minimum Gasteiger partial charge on any atom is -0.462 e. The van der Waals surface area contributed by atoms with Gasteiger partial charge in [-0.05, 0) is 68.4 Å². The number of esters is 1. The molecule has 0 saturated carbocycles. The van der Waals surface area contributed by atoms with Gasteiger partial charge in [0.1, 0.15) is 5.00 Å². The van der Waals surface area contributed by atoms with E-state index in [-0.39, 0.29) is 11.9 Å². The Labute approximate surface area is 180 Å². The van der Waals surface area contributed by atoms with E-state index in [2.05, 4.69) is 19.2 Å². The molecular formula is C23H29NO3S2. The van der Waals surface area contributed by atoms with E-state index in [1.165, 1.54) is 15.3 Å². The summed E-state index contributed by atoms with van der Waals surface area (Å²) in [6, 6.07) is 0. The second-order valence-electron chi connectivity index (χ2n) is 8.30. The van der Waals surface area contributed by atoms with E-state index >= 15 is 0 Å². The van der Waals surface area contributed by atoms with E-state index in [1.807, 2.05) is 12.3 Å². The van der Waals surface area contributed by atoms with Crippen LogP contribution in [0.4, 0.5) is 5.00 Å². The number of hydrogen-bond acceptors (Lipinski definition) is 5. The van der Waals surface area contributed by atoms with Crippen molar-refractivity contribution in [3.05, 3.63) is 37.4 Å². The van der Waals surface area contributed by atoms with Crippen LogP contribution in [0.1, 0.15) is 81.6 Å². The zero-order valence-corrected chi connectivity index (χ0v) is 19.1. The molecule has 2 atom stereocenters. The molecule has 0 bridgehead atoms. The normalized spacial score (nSPS) is 20.7. The Morgan fingerprint density at radius 3 is 2.69 bits per heavy atom. The van der Waals surface area contributed by atoms with Crippen molar-refractivity contribution in [2.75, 3.05) is 11.9 Å². The molecular weight excluding hydrogens is 402 g/mol. The summed E-state index contributed by atoms with van der Waals surface area (Å²) in [5.74, 6) is 0.943. The minimum atomic E-state index is -0.309. The molecule has 2 aromatic heterocycles. The number of fused-ring (bicyclic) bond motifs is 2. The second-order valence-corrected chi connectivity index (χ2v) is 10.4. The molecule has 29 heavy (non-hydrogen) atoms. The van der Waals surface area contributed by atoms with Crippen LogP contribution in [-0.2, 0) is 30.4 Å². The Bertz CT molecular complexity index is 927. The zero-order chi connectivity index (χ0) is 20.5. The molecule has 0 aromatic carbocycles. The molecule has 2 aliphatic carbocycles. The van der Waals surface area contributed by atoms with Crippen molar-refractivity contribution in [2.24, 2.45) is 11.8 Å². The van der Waals surface area contributed by atoms with Crippen molar-refractivity contribution in [2.45, 2.75) is 65.7 Å². The van der Waals surface area contributed by atoms with Crippen LogP contribution < -0.4 is 5.32 Å². The van der Waals surface area contributed by atoms with Crippen LogP contribution >= 0.6 is 22.7 Å². The first kappa shape index (κ1) is 20.6. The third kappa shape index (κ3) is 4.02. The number of anilines is 1. The van der Waals surface area contributed by atoms with Crippen molar-refractivity contribution in [1.29, 1.82) is 0 Å². The van der Waals surface area contributed by atoms with E-state index < -0.39 is 0 Å². The van der Waals surface area contributed by atoms with Crippen LogP contribution in [0.3, 0.4) is 0 Å². The summed E-state index contributed by atoms with van der Waals surface area (Å²) in [6.07, 6.45) is 7.28. The van der Waals surface area contributed by atoms with Gasteiger partial charge in [-0.2, -0.15) is 0 Å². The van der Waals surface area contributed by atoms with Gasteiger partial charge in [-0.15, -0.1) is 22.7 Å². The van der Waals surface area contributed by atoms with Crippen LogP contribution in [-0.4, -0.2) is 18.5 Å². The van der Waals surface area contributed by atoms with Gasteiger partial charge in [-0.25, -0.2) is 4.79 Å². The number of nitrogens with one attached hydrogen (secondary N) is 1. The first-order chi connectivity index (χ1) is 14.0. The average molecular weight is 432 g/mol. The fraction of sp³-hybridized carbons (Fsp3) is 0.565. The van der Waals surface area contributed by atoms with Gasteiger partial charge in [0.25, 0.3) is 5.91 Å². The van der Waals surface area contributed by atoms with Crippen LogP contribution in [0.2, 0.25) is 0 Å². The van der Waals surface area contributed by atoms with E-state index in [1.54, 1.807) is 22.7 Å². The van der Waals surface area contributed by atoms with E-state index in [4.69, 9.17) is 4.74 Å². The van der Waals surface area contributed by atoms with Gasteiger partial charge >= 0.3 is 5.97 Å². The van der Waals surface area contributed by atoms with Gasteiger partial charge in [-0.3, -0.25) is 4.79 Å². The molecule has 0 spiro atoms. The number of thiophene rings is 2. The Morgan fingerprint density at radius 1 is 1.14 bits per heavy atom. The molecule has 4 nitrogen and oxygen atoms in total. The summed E-state index contributed by atoms with van der Waals surface area (Å²) < 4.78 is 5.34. The predicted octanol–water partition coefficient (Wildman–Crippen LogP) is 5.88. The molecule has 1 amide bonds. The van der Waals surface area contributed by atoms with Crippen molar-refractivity contribution in [3.8, 4) is 0 Å². The lowest BCUT2D eigenvalue weighted by molar-refractivity contribution is 0.0526. The molecule has 0 unspecified atom stereocenters. The summed E-state index contributed by atoms with van der Waals surface area (Å²) in [4.78, 5) is 28.4. The van der Waals surface area contributed by atoms with Gasteiger partial charge in [0, 0.05) is 15.1 Å². The van der Waals surface area contributed by atoms with Crippen LogP contribution in [0.25, 0.3) is 0 Å². The monoisotopic (exact) mass is 431 g/mol. The fourth-order valence-electron chi connectivity index (χ4n) is 4.55. The van der Waals surface area contributed by atoms with Crippen LogP contribution in [0, 0.1) is 11.8 Å². The Kier molecular flexibility index (Phi) is 6.11. The molecule has 1 N–H and O–H groups in total. The number of amides is 1. The Balaban J connectivity index is 1.64. The molecule has 0 aliphatic heterocycles. The van der Waals surface area contributed by atoms with Gasteiger partial charge in [0.15, 0.2) is 0 Å². The molecule has 0 radical (unpaired) electrons. The van der Waals surface area contributed by atoms with Crippen LogP contribution in [0.5, 0.6) is 0 Å². The lowest BCUT2D eigenvalue weighted by Gasteiger charge is -2.21. The highest BCUT2D eigenvalue weighted by molar-refractivity contribution is 7.17. The third-order valence-corrected chi connectivity index (χ3v) is 8.52. The van der Waals surface area contributed by atoms with Gasteiger partial charge in [0.2, 0.25) is 0 Å². The van der Waals surface area contributed by atoms with Gasteiger partial charge in [-0.1, -0.05) is 20.3 Å². The van der Waals surface area contributed by atoms with Crippen molar-refractivity contribution in [1.82, 2.24) is 0 Å². The van der Waals surface area contributed by atoms with Crippen molar-refractivity contribution in [3.63, 3.8) is 0 Å². The SMILES string of the molecule is CCOC(=O)c1c(NC(=O)c2csc3c2CC[C@H](C)C3)sc2c1CC[C@H](CC)C2. The summed E-state index contributed by atoms with van der Waals surface area (Å²) in [7, 11) is 0. The van der Waals surface area contributed by atoms with Crippen LogP contribution in [0.15, 0.2) is 5.38 Å². The Morgan fingerprint density at radius 2 is 1.93 bits per heavy atom. The maximum atomic E-state index is 13.1. The molecule has 0 saturated heterocycles. The third-order valence-electron chi connectivity index (χ3n) is 6.30. The number of rotatable bonds is 5. The summed E-state index contributed by atoms with van der Waals surface area (Å²) in [6.45, 7) is 6.65. The van der Waals surface area contributed by atoms with Crippen molar-refractivity contribution >= 4 is 39.6 Å². The number of carbonyl (C=O) groups is 2. The Hall–Kier alpha value is -1.66. The maximum absolute atomic E-state index is 13.1. The molecule has 0 fully saturated rings. The first-order valence-electron chi connectivity index (χ1n) is 10.7. The van der Waals surface area contributed by atoms with Crippen molar-refractivity contribution < 1.29 is 14.3 Å². The number of ether oxygens (including phenoxy) is 1. The molecule has 4 rings (SSSR count). The highest BCUT2D eigenvalue weighted by atomic mass is 32.1. The lowest BCUT2D eigenvalue weighted by atomic mass is 9.85. The lowest BCUT2D eigenvalue weighted by Crippen LogP contribution is -2.18. The summed E-state index contributed by atoms with van der Waals surface area (Å²) in [5.41, 5.74) is 3.67.